The van der Waals surface area contributed by atoms with E-state index in [-0.39, 0.29) is 6.03 Å². The van der Waals surface area contributed by atoms with E-state index >= 15 is 0 Å². The van der Waals surface area contributed by atoms with Crippen molar-refractivity contribution in [3.63, 3.8) is 0 Å². The number of carboxylic acids is 2. The quantitative estimate of drug-likeness (QED) is 0.182. The summed E-state index contributed by atoms with van der Waals surface area (Å²) in [5.74, 6) is 0.187. The number of urea groups is 1. The van der Waals surface area contributed by atoms with Crippen LogP contribution < -0.4 is 15.4 Å². The highest BCUT2D eigenvalue weighted by Crippen LogP contribution is 2.24. The second kappa shape index (κ2) is 16.8. The topological polar surface area (TPSA) is 154 Å². The summed E-state index contributed by atoms with van der Waals surface area (Å²) in [5, 5.41) is 20.6. The van der Waals surface area contributed by atoms with Gasteiger partial charge in [0.1, 0.15) is 5.75 Å². The number of para-hydroxylation sites is 1. The van der Waals surface area contributed by atoms with Gasteiger partial charge in [-0.15, -0.1) is 11.8 Å². The number of nitrogens with zero attached hydrogens (tertiary/aromatic N) is 2. The van der Waals surface area contributed by atoms with E-state index in [9.17, 15) is 4.79 Å². The normalized spacial score (nSPS) is 12.7. The summed E-state index contributed by atoms with van der Waals surface area (Å²) in [6.45, 7) is 4.75. The molecule has 2 aromatic carbocycles. The Bertz CT molecular complexity index is 1190. The first-order chi connectivity index (χ1) is 19.4. The average Bonchev–Trinajstić information content (AvgIpc) is 3.65. The molecule has 11 nitrogen and oxygen atoms in total. The molecule has 12 heteroatoms. The van der Waals surface area contributed by atoms with E-state index in [0.29, 0.717) is 30.6 Å². The zero-order valence-corrected chi connectivity index (χ0v) is 22.9. The first kappa shape index (κ1) is 30.5. The number of ether oxygens (including phenoxy) is 1. The van der Waals surface area contributed by atoms with Crippen LogP contribution in [0.25, 0.3) is 11.3 Å². The Morgan fingerprint density at radius 3 is 2.38 bits per heavy atom. The molecule has 0 bridgehead atoms. The van der Waals surface area contributed by atoms with Gasteiger partial charge >= 0.3 is 18.0 Å². The highest BCUT2D eigenvalue weighted by atomic mass is 32.2. The second-order valence-electron chi connectivity index (χ2n) is 8.80. The van der Waals surface area contributed by atoms with Gasteiger partial charge in [-0.1, -0.05) is 18.2 Å². The molecule has 2 heterocycles. The van der Waals surface area contributed by atoms with E-state index in [1.54, 1.807) is 18.0 Å². The van der Waals surface area contributed by atoms with E-state index < -0.39 is 11.9 Å². The third-order valence-electron chi connectivity index (χ3n) is 5.76. The van der Waals surface area contributed by atoms with Crippen LogP contribution in [0.3, 0.4) is 0 Å². The number of oxazole rings is 1. The average molecular weight is 571 g/mol. The predicted octanol–water partition coefficient (Wildman–Crippen LogP) is 4.42. The molecule has 4 rings (SSSR count). The highest BCUT2D eigenvalue weighted by molar-refractivity contribution is 7.98. The number of carbonyl (C=O) groups is 3. The van der Waals surface area contributed by atoms with Crippen molar-refractivity contribution in [3.05, 3.63) is 66.7 Å². The molecule has 1 aliphatic rings. The number of hydrogen-bond acceptors (Lipinski definition) is 8. The molecule has 1 aliphatic heterocycles. The van der Waals surface area contributed by atoms with Crippen molar-refractivity contribution in [1.82, 2.24) is 15.2 Å². The zero-order valence-electron chi connectivity index (χ0n) is 22.1. The number of amides is 2. The Morgan fingerprint density at radius 2 is 1.70 bits per heavy atom. The first-order valence-electron chi connectivity index (χ1n) is 12.9. The van der Waals surface area contributed by atoms with Crippen molar-refractivity contribution in [3.8, 4) is 17.1 Å². The van der Waals surface area contributed by atoms with Crippen LogP contribution in [-0.4, -0.2) is 76.6 Å². The van der Waals surface area contributed by atoms with Gasteiger partial charge in [0.25, 0.3) is 0 Å². The van der Waals surface area contributed by atoms with Crippen LogP contribution in [0, 0.1) is 0 Å². The number of aliphatic carboxylic acids is 2. The number of anilines is 1. The summed E-state index contributed by atoms with van der Waals surface area (Å²) >= 11 is 1.72. The summed E-state index contributed by atoms with van der Waals surface area (Å²) < 4.78 is 11.6. The Labute approximate surface area is 236 Å². The SMILES string of the molecule is O=C(NCCCN1CCCC1)Nc1ccc(-c2cnc(CSCCOc3ccccc3)o2)cc1.O=C(O)C(=O)O. The zero-order chi connectivity index (χ0) is 28.6. The van der Waals surface area contributed by atoms with Crippen LogP contribution in [0.15, 0.2) is 65.2 Å². The number of rotatable bonds is 12. The Morgan fingerprint density at radius 1 is 1.00 bits per heavy atom. The fourth-order valence-electron chi connectivity index (χ4n) is 3.81. The van der Waals surface area contributed by atoms with Gasteiger partial charge in [-0.2, -0.15) is 0 Å². The van der Waals surface area contributed by atoms with Gasteiger partial charge in [-0.3, -0.25) is 0 Å². The molecule has 0 aliphatic carbocycles. The molecule has 1 fully saturated rings. The maximum Gasteiger partial charge on any atom is 0.414 e. The number of likely N-dealkylation sites (tertiary alicyclic amines) is 1. The fourth-order valence-corrected chi connectivity index (χ4v) is 4.46. The Balaban J connectivity index is 0.000000663. The minimum absolute atomic E-state index is 0.176. The number of hydrogen-bond donors (Lipinski definition) is 4. The number of benzene rings is 2. The molecule has 4 N–H and O–H groups in total. The minimum atomic E-state index is -1.82. The van der Waals surface area contributed by atoms with E-state index in [4.69, 9.17) is 29.0 Å². The van der Waals surface area contributed by atoms with Crippen LogP contribution in [0.1, 0.15) is 25.2 Å². The van der Waals surface area contributed by atoms with Gasteiger partial charge < -0.3 is 34.9 Å². The summed E-state index contributed by atoms with van der Waals surface area (Å²) in [5.41, 5.74) is 1.67. The maximum atomic E-state index is 12.1. The largest absolute Gasteiger partial charge is 0.493 e. The van der Waals surface area contributed by atoms with E-state index in [2.05, 4.69) is 20.5 Å². The van der Waals surface area contributed by atoms with Gasteiger partial charge in [0, 0.05) is 23.5 Å². The van der Waals surface area contributed by atoms with Crippen LogP contribution in [0.2, 0.25) is 0 Å². The van der Waals surface area contributed by atoms with Crippen molar-refractivity contribution in [2.45, 2.75) is 25.0 Å². The maximum absolute atomic E-state index is 12.1. The second-order valence-corrected chi connectivity index (χ2v) is 9.91. The molecule has 0 saturated carbocycles. The van der Waals surface area contributed by atoms with Gasteiger partial charge in [-0.25, -0.2) is 19.4 Å². The summed E-state index contributed by atoms with van der Waals surface area (Å²) in [4.78, 5) is 37.1. The van der Waals surface area contributed by atoms with Gasteiger partial charge in [0.15, 0.2) is 5.76 Å². The lowest BCUT2D eigenvalue weighted by molar-refractivity contribution is -0.159. The summed E-state index contributed by atoms with van der Waals surface area (Å²) in [6, 6.07) is 17.2. The van der Waals surface area contributed by atoms with Crippen molar-refractivity contribution >= 4 is 35.4 Å². The lowest BCUT2D eigenvalue weighted by atomic mass is 10.2. The molecule has 1 aromatic heterocycles. The molecular weight excluding hydrogens is 536 g/mol. The molecule has 0 radical (unpaired) electrons. The van der Waals surface area contributed by atoms with Crippen LogP contribution in [-0.2, 0) is 15.3 Å². The van der Waals surface area contributed by atoms with E-state index in [0.717, 1.165) is 35.7 Å². The van der Waals surface area contributed by atoms with Gasteiger partial charge in [0.05, 0.1) is 18.6 Å². The Kier molecular flexibility index (Phi) is 12.8. The first-order valence-corrected chi connectivity index (χ1v) is 14.1. The van der Waals surface area contributed by atoms with Gasteiger partial charge in [-0.05, 0) is 75.3 Å². The number of carbonyl (C=O) groups excluding carboxylic acids is 1. The minimum Gasteiger partial charge on any atom is -0.493 e. The third kappa shape index (κ3) is 11.4. The summed E-state index contributed by atoms with van der Waals surface area (Å²) in [6.07, 6.45) is 5.30. The summed E-state index contributed by atoms with van der Waals surface area (Å²) in [7, 11) is 0. The van der Waals surface area contributed by atoms with Crippen molar-refractivity contribution < 1.29 is 33.8 Å². The molecular formula is C28H34N4O7S. The van der Waals surface area contributed by atoms with E-state index in [1.807, 2.05) is 54.6 Å². The standard InChI is InChI=1S/C26H32N4O3S.C2H2O4/c31-26(27-13-6-16-30-14-4-5-15-30)29-22-11-9-21(10-12-22)24-19-28-25(33-24)20-34-18-17-32-23-7-2-1-3-8-23;3-1(4)2(5)6/h1-3,7-12,19H,4-6,13-18,20H2,(H2,27,29,31);(H,3,4)(H,5,6). The molecule has 40 heavy (non-hydrogen) atoms. The number of aromatic nitrogens is 1. The molecule has 2 amide bonds. The van der Waals surface area contributed by atoms with Crippen LogP contribution in [0.4, 0.5) is 10.5 Å². The lowest BCUT2D eigenvalue weighted by Gasteiger charge is -2.14. The number of nitrogens with one attached hydrogen (secondary N) is 2. The molecule has 214 valence electrons. The van der Waals surface area contributed by atoms with E-state index in [1.165, 1.54) is 25.9 Å². The fraction of sp³-hybridized carbons (Fsp3) is 0.357. The van der Waals surface area contributed by atoms with Crippen molar-refractivity contribution in [1.29, 1.82) is 0 Å². The van der Waals surface area contributed by atoms with Crippen LogP contribution in [0.5, 0.6) is 5.75 Å². The molecule has 0 atom stereocenters. The third-order valence-corrected chi connectivity index (χ3v) is 6.67. The molecule has 3 aromatic rings. The lowest BCUT2D eigenvalue weighted by Crippen LogP contribution is -2.31. The molecule has 0 unspecified atom stereocenters. The van der Waals surface area contributed by atoms with Crippen molar-refractivity contribution in [2.75, 3.05) is 43.9 Å². The Hall–Kier alpha value is -4.03. The smallest absolute Gasteiger partial charge is 0.414 e. The van der Waals surface area contributed by atoms with Crippen molar-refractivity contribution in [2.24, 2.45) is 0 Å². The monoisotopic (exact) mass is 570 g/mol. The van der Waals surface area contributed by atoms with Crippen LogP contribution >= 0.6 is 11.8 Å². The highest BCUT2D eigenvalue weighted by Gasteiger charge is 2.11. The predicted molar refractivity (Wildman–Crippen MR) is 153 cm³/mol. The number of thioether (sulfide) groups is 1. The molecule has 0 spiro atoms. The van der Waals surface area contributed by atoms with Gasteiger partial charge in [0.2, 0.25) is 5.89 Å². The number of carboxylic acid groups (broad SMARTS) is 2. The molecule has 1 saturated heterocycles.